The molecule has 30 heavy (non-hydrogen) atoms. The molecule has 4 rings (SSSR count). The van der Waals surface area contributed by atoms with Crippen LogP contribution in [0.3, 0.4) is 0 Å². The summed E-state index contributed by atoms with van der Waals surface area (Å²) in [5, 5.41) is 18.5. The van der Waals surface area contributed by atoms with Crippen LogP contribution in [-0.4, -0.2) is 85.6 Å². The third kappa shape index (κ3) is 4.69. The van der Waals surface area contributed by atoms with Crippen molar-refractivity contribution in [2.75, 3.05) is 45.1 Å². The maximum Gasteiger partial charge on any atom is 0.233 e. The van der Waals surface area contributed by atoms with Crippen LogP contribution in [0, 0.1) is 0 Å². The molecular weight excluding hydrogens is 400 g/mol. The van der Waals surface area contributed by atoms with Gasteiger partial charge in [-0.25, -0.2) is 0 Å². The van der Waals surface area contributed by atoms with Gasteiger partial charge in [0.25, 0.3) is 0 Å². The molecule has 9 heteroatoms. The third-order valence-corrected chi connectivity index (χ3v) is 5.97. The fourth-order valence-electron chi connectivity index (χ4n) is 3.44. The Morgan fingerprint density at radius 1 is 1.00 bits per heavy atom. The number of nitrogens with zero attached hydrogens (tertiary/aromatic N) is 6. The van der Waals surface area contributed by atoms with Gasteiger partial charge in [0.1, 0.15) is 0 Å². The molecule has 0 unspecified atom stereocenters. The number of hydrogen-bond acceptors (Lipinski definition) is 7. The molecule has 1 N–H and O–H groups in total. The molecule has 0 saturated carbocycles. The lowest BCUT2D eigenvalue weighted by Crippen LogP contribution is -2.49. The minimum atomic E-state index is 0.0942. The van der Waals surface area contributed by atoms with Crippen molar-refractivity contribution in [3.05, 3.63) is 54.9 Å². The van der Waals surface area contributed by atoms with E-state index in [1.54, 1.807) is 12.4 Å². The molecule has 0 atom stereocenters. The first-order valence-electron chi connectivity index (χ1n) is 9.91. The Morgan fingerprint density at radius 3 is 2.43 bits per heavy atom. The van der Waals surface area contributed by atoms with Gasteiger partial charge in [0.05, 0.1) is 12.4 Å². The number of benzene rings is 1. The maximum absolute atomic E-state index is 12.7. The van der Waals surface area contributed by atoms with Crippen molar-refractivity contribution in [2.45, 2.75) is 5.16 Å². The van der Waals surface area contributed by atoms with E-state index in [2.05, 4.69) is 20.1 Å². The van der Waals surface area contributed by atoms with Crippen LogP contribution in [0.4, 0.5) is 0 Å². The molecule has 1 fully saturated rings. The minimum Gasteiger partial charge on any atom is -0.395 e. The number of amides is 1. The van der Waals surface area contributed by atoms with E-state index in [1.165, 1.54) is 11.8 Å². The first-order valence-corrected chi connectivity index (χ1v) is 10.9. The van der Waals surface area contributed by atoms with Gasteiger partial charge in [0, 0.05) is 56.4 Å². The number of para-hydroxylation sites is 1. The van der Waals surface area contributed by atoms with E-state index >= 15 is 0 Å². The van der Waals surface area contributed by atoms with Crippen molar-refractivity contribution in [3.8, 4) is 17.1 Å². The van der Waals surface area contributed by atoms with E-state index in [0.29, 0.717) is 30.5 Å². The number of aliphatic hydroxyl groups excluding tert-OH is 1. The molecule has 156 valence electrons. The number of hydrogen-bond donors (Lipinski definition) is 1. The second-order valence-electron chi connectivity index (χ2n) is 6.95. The molecule has 0 bridgehead atoms. The quantitative estimate of drug-likeness (QED) is 0.576. The SMILES string of the molecule is O=C(CSc1nnc(-c2ccncc2)n1-c1ccccc1)N1CCN(CCO)CC1. The number of aliphatic hydroxyl groups is 1. The number of pyridine rings is 1. The highest BCUT2D eigenvalue weighted by Gasteiger charge is 2.22. The fraction of sp³-hybridized carbons (Fsp3) is 0.333. The number of carbonyl (C=O) groups is 1. The van der Waals surface area contributed by atoms with Gasteiger partial charge in [0.2, 0.25) is 5.91 Å². The molecule has 1 amide bonds. The average molecular weight is 425 g/mol. The van der Waals surface area contributed by atoms with Gasteiger partial charge in [-0.05, 0) is 24.3 Å². The topological polar surface area (TPSA) is 87.4 Å². The third-order valence-electron chi connectivity index (χ3n) is 5.05. The summed E-state index contributed by atoms with van der Waals surface area (Å²) < 4.78 is 1.98. The highest BCUT2D eigenvalue weighted by molar-refractivity contribution is 7.99. The maximum atomic E-state index is 12.7. The standard InChI is InChI=1S/C21H24N6O2S/c28-15-14-25-10-12-26(13-11-25)19(29)16-30-21-24-23-20(17-6-8-22-9-7-17)27(21)18-4-2-1-3-5-18/h1-9,28H,10-16H2. The smallest absolute Gasteiger partial charge is 0.233 e. The average Bonchev–Trinajstić information content (AvgIpc) is 3.23. The summed E-state index contributed by atoms with van der Waals surface area (Å²) in [5.41, 5.74) is 1.86. The molecule has 3 heterocycles. The number of carbonyl (C=O) groups excluding carboxylic acids is 1. The summed E-state index contributed by atoms with van der Waals surface area (Å²) in [6.07, 6.45) is 3.46. The van der Waals surface area contributed by atoms with Gasteiger partial charge in [-0.15, -0.1) is 10.2 Å². The molecule has 1 aliphatic rings. The summed E-state index contributed by atoms with van der Waals surface area (Å²) in [6.45, 7) is 3.78. The second-order valence-corrected chi connectivity index (χ2v) is 7.89. The second kappa shape index (κ2) is 9.84. The van der Waals surface area contributed by atoms with Gasteiger partial charge in [-0.1, -0.05) is 30.0 Å². The summed E-state index contributed by atoms with van der Waals surface area (Å²) in [6, 6.07) is 13.7. The molecule has 3 aromatic rings. The van der Waals surface area contributed by atoms with Crippen molar-refractivity contribution in [2.24, 2.45) is 0 Å². The Labute approximate surface area is 179 Å². The van der Waals surface area contributed by atoms with E-state index in [4.69, 9.17) is 5.11 Å². The van der Waals surface area contributed by atoms with Crippen LogP contribution in [-0.2, 0) is 4.79 Å². The summed E-state index contributed by atoms with van der Waals surface area (Å²) >= 11 is 1.40. The highest BCUT2D eigenvalue weighted by Crippen LogP contribution is 2.27. The molecule has 1 saturated heterocycles. The summed E-state index contributed by atoms with van der Waals surface area (Å²) in [5.74, 6) is 1.12. The minimum absolute atomic E-state index is 0.0942. The van der Waals surface area contributed by atoms with Crippen LogP contribution < -0.4 is 0 Å². The Balaban J connectivity index is 1.49. The molecule has 0 radical (unpaired) electrons. The molecule has 0 spiro atoms. The number of piperazine rings is 1. The van der Waals surface area contributed by atoms with Gasteiger partial charge in [-0.2, -0.15) is 0 Å². The van der Waals surface area contributed by atoms with Gasteiger partial charge in [0.15, 0.2) is 11.0 Å². The van der Waals surface area contributed by atoms with E-state index in [0.717, 1.165) is 30.2 Å². The molecular formula is C21H24N6O2S. The number of rotatable bonds is 7. The molecule has 8 nitrogen and oxygen atoms in total. The van der Waals surface area contributed by atoms with Crippen LogP contribution in [0.25, 0.3) is 17.1 Å². The van der Waals surface area contributed by atoms with Gasteiger partial charge >= 0.3 is 0 Å². The van der Waals surface area contributed by atoms with Crippen LogP contribution >= 0.6 is 11.8 Å². The fourth-order valence-corrected chi connectivity index (χ4v) is 4.30. The van der Waals surface area contributed by atoms with E-state index in [-0.39, 0.29) is 12.5 Å². The number of aromatic nitrogens is 4. The predicted octanol–water partition coefficient (Wildman–Crippen LogP) is 1.56. The predicted molar refractivity (Wildman–Crippen MR) is 115 cm³/mol. The van der Waals surface area contributed by atoms with Gasteiger partial charge < -0.3 is 10.0 Å². The van der Waals surface area contributed by atoms with Crippen LogP contribution in [0.2, 0.25) is 0 Å². The normalized spacial score (nSPS) is 14.8. The molecule has 2 aromatic heterocycles. The van der Waals surface area contributed by atoms with Crippen LogP contribution in [0.5, 0.6) is 0 Å². The van der Waals surface area contributed by atoms with Crippen molar-refractivity contribution in [3.63, 3.8) is 0 Å². The van der Waals surface area contributed by atoms with E-state index in [9.17, 15) is 4.79 Å². The molecule has 0 aliphatic carbocycles. The van der Waals surface area contributed by atoms with Crippen molar-refractivity contribution < 1.29 is 9.90 Å². The lowest BCUT2D eigenvalue weighted by atomic mass is 10.2. The van der Waals surface area contributed by atoms with Crippen LogP contribution in [0.1, 0.15) is 0 Å². The first-order chi connectivity index (χ1) is 14.8. The Bertz CT molecular complexity index is 958. The first kappa shape index (κ1) is 20.5. The molecule has 1 aromatic carbocycles. The van der Waals surface area contributed by atoms with Gasteiger partial charge in [-0.3, -0.25) is 19.2 Å². The largest absolute Gasteiger partial charge is 0.395 e. The Kier molecular flexibility index (Phi) is 6.73. The monoisotopic (exact) mass is 424 g/mol. The van der Waals surface area contributed by atoms with Crippen molar-refractivity contribution in [1.29, 1.82) is 0 Å². The number of β-amino-alcohol motifs (C(OH)–C–C–N with tert-alkyl or cyclic N) is 1. The zero-order valence-corrected chi connectivity index (χ0v) is 17.4. The summed E-state index contributed by atoms with van der Waals surface area (Å²) in [7, 11) is 0. The summed E-state index contributed by atoms with van der Waals surface area (Å²) in [4.78, 5) is 20.9. The van der Waals surface area contributed by atoms with E-state index in [1.807, 2.05) is 51.9 Å². The zero-order valence-electron chi connectivity index (χ0n) is 16.6. The lowest BCUT2D eigenvalue weighted by molar-refractivity contribution is -0.130. The Hall–Kier alpha value is -2.75. The number of thioether (sulfide) groups is 1. The molecule has 1 aliphatic heterocycles. The van der Waals surface area contributed by atoms with Crippen molar-refractivity contribution >= 4 is 17.7 Å². The zero-order chi connectivity index (χ0) is 20.8. The van der Waals surface area contributed by atoms with Crippen molar-refractivity contribution in [1.82, 2.24) is 29.5 Å². The highest BCUT2D eigenvalue weighted by atomic mass is 32.2. The van der Waals surface area contributed by atoms with Crippen LogP contribution in [0.15, 0.2) is 60.0 Å². The lowest BCUT2D eigenvalue weighted by Gasteiger charge is -2.34. The van der Waals surface area contributed by atoms with E-state index < -0.39 is 0 Å². The Morgan fingerprint density at radius 2 is 1.73 bits per heavy atom.